The van der Waals surface area contributed by atoms with Crippen LogP contribution in [0.3, 0.4) is 0 Å². The van der Waals surface area contributed by atoms with E-state index >= 15 is 0 Å². The summed E-state index contributed by atoms with van der Waals surface area (Å²) < 4.78 is 18.9. The van der Waals surface area contributed by atoms with Crippen LogP contribution in [0, 0.1) is 5.82 Å². The lowest BCUT2D eigenvalue weighted by molar-refractivity contribution is 0.299. The van der Waals surface area contributed by atoms with Gasteiger partial charge in [0.25, 0.3) is 0 Å². The van der Waals surface area contributed by atoms with E-state index in [2.05, 4.69) is 10.3 Å². The van der Waals surface area contributed by atoms with Gasteiger partial charge in [-0.15, -0.1) is 0 Å². The first-order chi connectivity index (χ1) is 8.79. The van der Waals surface area contributed by atoms with Gasteiger partial charge in [-0.1, -0.05) is 18.2 Å². The second-order valence-electron chi connectivity index (χ2n) is 3.79. The smallest absolute Gasteiger partial charge is 0.129 e. The molecule has 4 heteroatoms. The summed E-state index contributed by atoms with van der Waals surface area (Å²) in [5.74, 6) is 1.17. The predicted molar refractivity (Wildman–Crippen MR) is 69.1 cm³/mol. The molecule has 0 aliphatic rings. The third-order valence-electron chi connectivity index (χ3n) is 2.44. The van der Waals surface area contributed by atoms with Crippen molar-refractivity contribution >= 4 is 5.82 Å². The number of aromatic nitrogens is 1. The lowest BCUT2D eigenvalue weighted by atomic mass is 10.2. The Hall–Kier alpha value is -2.10. The predicted octanol–water partition coefficient (Wildman–Crippen LogP) is 3.23. The molecule has 0 radical (unpaired) electrons. The van der Waals surface area contributed by atoms with Crippen LogP contribution in [0.2, 0.25) is 0 Å². The van der Waals surface area contributed by atoms with Crippen LogP contribution in [-0.2, 0) is 6.61 Å². The normalized spacial score (nSPS) is 10.1. The van der Waals surface area contributed by atoms with E-state index < -0.39 is 0 Å². The number of hydrogen-bond donors (Lipinski definition) is 1. The van der Waals surface area contributed by atoms with E-state index in [4.69, 9.17) is 4.74 Å². The molecule has 18 heavy (non-hydrogen) atoms. The molecule has 3 nitrogen and oxygen atoms in total. The largest absolute Gasteiger partial charge is 0.489 e. The molecule has 0 atom stereocenters. The standard InChI is InChI=1S/C14H15FN2O/c1-2-16-14-9-12(7-8-17-14)18-10-11-5-3-4-6-13(11)15/h3-9H,2,10H2,1H3,(H,16,17). The molecule has 0 aliphatic carbocycles. The Labute approximate surface area is 106 Å². The van der Waals surface area contributed by atoms with Gasteiger partial charge in [-0.2, -0.15) is 0 Å². The third kappa shape index (κ3) is 3.20. The molecule has 0 saturated heterocycles. The SMILES string of the molecule is CCNc1cc(OCc2ccccc2F)ccn1. The Balaban J connectivity index is 2.02. The summed E-state index contributed by atoms with van der Waals surface area (Å²) in [4.78, 5) is 4.14. The van der Waals surface area contributed by atoms with E-state index in [1.807, 2.05) is 6.92 Å². The number of ether oxygens (including phenoxy) is 1. The van der Waals surface area contributed by atoms with Gasteiger partial charge in [0, 0.05) is 24.4 Å². The van der Waals surface area contributed by atoms with Gasteiger partial charge in [0.2, 0.25) is 0 Å². The van der Waals surface area contributed by atoms with Crippen LogP contribution >= 0.6 is 0 Å². The molecule has 0 unspecified atom stereocenters. The van der Waals surface area contributed by atoms with Gasteiger partial charge >= 0.3 is 0 Å². The Morgan fingerprint density at radius 3 is 2.89 bits per heavy atom. The van der Waals surface area contributed by atoms with E-state index in [9.17, 15) is 4.39 Å². The first-order valence-corrected chi connectivity index (χ1v) is 5.85. The van der Waals surface area contributed by atoms with Crippen molar-refractivity contribution in [1.82, 2.24) is 4.98 Å². The summed E-state index contributed by atoms with van der Waals surface area (Å²) in [5.41, 5.74) is 0.541. The molecule has 94 valence electrons. The summed E-state index contributed by atoms with van der Waals surface area (Å²) in [5, 5.41) is 3.09. The minimum absolute atomic E-state index is 0.211. The monoisotopic (exact) mass is 246 g/mol. The molecular weight excluding hydrogens is 231 g/mol. The van der Waals surface area contributed by atoms with Gasteiger partial charge in [-0.3, -0.25) is 0 Å². The molecule has 1 heterocycles. The van der Waals surface area contributed by atoms with Crippen LogP contribution in [0.1, 0.15) is 12.5 Å². The average Bonchev–Trinajstić information content (AvgIpc) is 2.39. The van der Waals surface area contributed by atoms with Crippen molar-refractivity contribution in [3.8, 4) is 5.75 Å². The number of nitrogens with one attached hydrogen (secondary N) is 1. The lowest BCUT2D eigenvalue weighted by Gasteiger charge is -2.08. The summed E-state index contributed by atoms with van der Waals surface area (Å²) in [6.07, 6.45) is 1.66. The minimum Gasteiger partial charge on any atom is -0.489 e. The third-order valence-corrected chi connectivity index (χ3v) is 2.44. The molecule has 0 saturated carbocycles. The maximum atomic E-state index is 13.4. The van der Waals surface area contributed by atoms with Crippen molar-refractivity contribution in [2.75, 3.05) is 11.9 Å². The highest BCUT2D eigenvalue weighted by Crippen LogP contribution is 2.17. The Kier molecular flexibility index (Phi) is 4.12. The first-order valence-electron chi connectivity index (χ1n) is 5.85. The molecular formula is C14H15FN2O. The van der Waals surface area contributed by atoms with Gasteiger partial charge in [0.15, 0.2) is 0 Å². The number of rotatable bonds is 5. The van der Waals surface area contributed by atoms with Crippen LogP contribution in [0.25, 0.3) is 0 Å². The number of pyridine rings is 1. The molecule has 0 fully saturated rings. The van der Waals surface area contributed by atoms with Crippen molar-refractivity contribution in [3.05, 3.63) is 54.0 Å². The van der Waals surface area contributed by atoms with Crippen molar-refractivity contribution < 1.29 is 9.13 Å². The highest BCUT2D eigenvalue weighted by molar-refractivity contribution is 5.40. The topological polar surface area (TPSA) is 34.1 Å². The van der Waals surface area contributed by atoms with E-state index in [1.165, 1.54) is 6.07 Å². The van der Waals surface area contributed by atoms with Crippen molar-refractivity contribution in [3.63, 3.8) is 0 Å². The fraction of sp³-hybridized carbons (Fsp3) is 0.214. The molecule has 2 aromatic rings. The summed E-state index contributed by atoms with van der Waals surface area (Å²) in [7, 11) is 0. The van der Waals surface area contributed by atoms with Gasteiger partial charge in [0.05, 0.1) is 0 Å². The number of benzene rings is 1. The van der Waals surface area contributed by atoms with Crippen LogP contribution < -0.4 is 10.1 Å². The molecule has 0 spiro atoms. The second-order valence-corrected chi connectivity index (χ2v) is 3.79. The molecule has 0 amide bonds. The molecule has 1 aromatic heterocycles. The fourth-order valence-corrected chi connectivity index (χ4v) is 1.56. The lowest BCUT2D eigenvalue weighted by Crippen LogP contribution is -2.01. The average molecular weight is 246 g/mol. The summed E-state index contributed by atoms with van der Waals surface area (Å²) in [6.45, 7) is 3.00. The van der Waals surface area contributed by atoms with E-state index in [0.29, 0.717) is 11.3 Å². The zero-order valence-corrected chi connectivity index (χ0v) is 10.2. The number of halogens is 1. The van der Waals surface area contributed by atoms with Gasteiger partial charge < -0.3 is 10.1 Å². The second kappa shape index (κ2) is 6.00. The van der Waals surface area contributed by atoms with Gasteiger partial charge in [-0.05, 0) is 19.1 Å². The van der Waals surface area contributed by atoms with Crippen molar-refractivity contribution in [2.24, 2.45) is 0 Å². The quantitative estimate of drug-likeness (QED) is 0.879. The highest BCUT2D eigenvalue weighted by Gasteiger charge is 2.02. The first kappa shape index (κ1) is 12.4. The highest BCUT2D eigenvalue weighted by atomic mass is 19.1. The molecule has 0 bridgehead atoms. The van der Waals surface area contributed by atoms with Crippen molar-refractivity contribution in [1.29, 1.82) is 0 Å². The van der Waals surface area contributed by atoms with Crippen LogP contribution in [0.4, 0.5) is 10.2 Å². The number of anilines is 1. The van der Waals surface area contributed by atoms with E-state index in [0.717, 1.165) is 12.4 Å². The van der Waals surface area contributed by atoms with Gasteiger partial charge in [0.1, 0.15) is 24.0 Å². The molecule has 1 N–H and O–H groups in total. The van der Waals surface area contributed by atoms with E-state index in [1.54, 1.807) is 36.5 Å². The Bertz CT molecular complexity index is 517. The zero-order chi connectivity index (χ0) is 12.8. The number of hydrogen-bond acceptors (Lipinski definition) is 3. The molecule has 2 rings (SSSR count). The fourth-order valence-electron chi connectivity index (χ4n) is 1.56. The maximum Gasteiger partial charge on any atom is 0.129 e. The molecule has 0 aliphatic heterocycles. The summed E-state index contributed by atoms with van der Waals surface area (Å²) in [6, 6.07) is 10.1. The van der Waals surface area contributed by atoms with Gasteiger partial charge in [-0.25, -0.2) is 9.37 Å². The zero-order valence-electron chi connectivity index (χ0n) is 10.2. The molecule has 1 aromatic carbocycles. The minimum atomic E-state index is -0.251. The van der Waals surface area contributed by atoms with Crippen molar-refractivity contribution in [2.45, 2.75) is 13.5 Å². The number of nitrogens with zero attached hydrogens (tertiary/aromatic N) is 1. The Morgan fingerprint density at radius 1 is 1.28 bits per heavy atom. The van der Waals surface area contributed by atoms with Crippen LogP contribution in [0.5, 0.6) is 5.75 Å². The Morgan fingerprint density at radius 2 is 2.11 bits per heavy atom. The van der Waals surface area contributed by atoms with E-state index in [-0.39, 0.29) is 12.4 Å². The van der Waals surface area contributed by atoms with Crippen LogP contribution in [0.15, 0.2) is 42.6 Å². The van der Waals surface area contributed by atoms with Crippen LogP contribution in [-0.4, -0.2) is 11.5 Å². The summed E-state index contributed by atoms with van der Waals surface area (Å²) >= 11 is 0. The maximum absolute atomic E-state index is 13.4.